The summed E-state index contributed by atoms with van der Waals surface area (Å²) in [7, 11) is 0. The van der Waals surface area contributed by atoms with Crippen molar-refractivity contribution in [3.05, 3.63) is 46.1 Å². The first-order valence-corrected chi connectivity index (χ1v) is 7.97. The molecule has 1 aliphatic rings. The Labute approximate surface area is 147 Å². The minimum atomic E-state index is -0.817. The van der Waals surface area contributed by atoms with Gasteiger partial charge in [-0.1, -0.05) is 23.2 Å². The number of nitrogens with zero attached hydrogens (tertiary/aromatic N) is 1. The molecule has 2 amide bonds. The minimum Gasteiger partial charge on any atom is -0.455 e. The SMILES string of the molecule is O=C(N/N=C\c1ccc(-c2cc(Cl)ccc2Cl)o1)C(=O)NC1CC1. The molecule has 0 aliphatic heterocycles. The molecule has 1 aromatic carbocycles. The molecule has 8 heteroatoms. The summed E-state index contributed by atoms with van der Waals surface area (Å²) in [5, 5.41) is 7.30. The summed E-state index contributed by atoms with van der Waals surface area (Å²) in [4.78, 5) is 23.0. The van der Waals surface area contributed by atoms with E-state index in [2.05, 4.69) is 15.8 Å². The van der Waals surface area contributed by atoms with E-state index < -0.39 is 11.8 Å². The number of hydrogen-bond donors (Lipinski definition) is 2. The van der Waals surface area contributed by atoms with Gasteiger partial charge in [-0.15, -0.1) is 0 Å². The van der Waals surface area contributed by atoms with Gasteiger partial charge >= 0.3 is 11.8 Å². The third-order valence-corrected chi connectivity index (χ3v) is 3.86. The van der Waals surface area contributed by atoms with E-state index >= 15 is 0 Å². The average molecular weight is 366 g/mol. The van der Waals surface area contributed by atoms with Gasteiger partial charge in [0.1, 0.15) is 11.5 Å². The molecule has 0 unspecified atom stereocenters. The maximum Gasteiger partial charge on any atom is 0.329 e. The molecule has 1 aliphatic carbocycles. The number of furan rings is 1. The van der Waals surface area contributed by atoms with Crippen molar-refractivity contribution in [2.45, 2.75) is 18.9 Å². The second-order valence-electron chi connectivity index (χ2n) is 5.27. The molecule has 0 bridgehead atoms. The molecule has 2 N–H and O–H groups in total. The van der Waals surface area contributed by atoms with Gasteiger partial charge < -0.3 is 9.73 Å². The molecular formula is C16H13Cl2N3O3. The normalized spacial score (nSPS) is 13.9. The molecule has 0 saturated heterocycles. The van der Waals surface area contributed by atoms with Crippen LogP contribution >= 0.6 is 23.2 Å². The standard InChI is InChI=1S/C16H13Cl2N3O3/c17-9-1-5-13(18)12(7-9)14-6-4-11(24-14)8-19-21-16(23)15(22)20-10-2-3-10/h1,4-8,10H,2-3H2,(H,20,22)(H,21,23)/b19-8-. The number of carbonyl (C=O) groups is 2. The summed E-state index contributed by atoms with van der Waals surface area (Å²) in [6, 6.07) is 8.53. The Morgan fingerprint density at radius 1 is 1.17 bits per heavy atom. The fourth-order valence-electron chi connectivity index (χ4n) is 1.94. The summed E-state index contributed by atoms with van der Waals surface area (Å²) < 4.78 is 5.58. The molecule has 2 aromatic rings. The van der Waals surface area contributed by atoms with E-state index in [1.807, 2.05) is 0 Å². The van der Waals surface area contributed by atoms with Crippen LogP contribution in [-0.4, -0.2) is 24.1 Å². The smallest absolute Gasteiger partial charge is 0.329 e. The Morgan fingerprint density at radius 3 is 2.71 bits per heavy atom. The maximum absolute atomic E-state index is 11.5. The van der Waals surface area contributed by atoms with Crippen LogP contribution in [0.3, 0.4) is 0 Å². The Morgan fingerprint density at radius 2 is 1.96 bits per heavy atom. The van der Waals surface area contributed by atoms with Gasteiger partial charge in [0.2, 0.25) is 0 Å². The van der Waals surface area contributed by atoms with Crippen molar-refractivity contribution >= 4 is 41.2 Å². The molecule has 0 atom stereocenters. The fourth-order valence-corrected chi connectivity index (χ4v) is 2.32. The highest BCUT2D eigenvalue weighted by Gasteiger charge is 2.26. The van der Waals surface area contributed by atoms with E-state index in [0.29, 0.717) is 27.1 Å². The van der Waals surface area contributed by atoms with E-state index in [0.717, 1.165) is 12.8 Å². The summed E-state index contributed by atoms with van der Waals surface area (Å²) in [5.41, 5.74) is 2.79. The lowest BCUT2D eigenvalue weighted by Crippen LogP contribution is -2.38. The lowest BCUT2D eigenvalue weighted by Gasteiger charge is -2.01. The Bertz CT molecular complexity index is 813. The van der Waals surface area contributed by atoms with Crippen molar-refractivity contribution in [2.24, 2.45) is 5.10 Å². The summed E-state index contributed by atoms with van der Waals surface area (Å²) >= 11 is 12.1. The van der Waals surface area contributed by atoms with Crippen LogP contribution in [-0.2, 0) is 9.59 Å². The Hall–Kier alpha value is -2.31. The quantitative estimate of drug-likeness (QED) is 0.496. The van der Waals surface area contributed by atoms with Crippen LogP contribution < -0.4 is 10.7 Å². The van der Waals surface area contributed by atoms with Crippen molar-refractivity contribution < 1.29 is 14.0 Å². The highest BCUT2D eigenvalue weighted by atomic mass is 35.5. The number of carbonyl (C=O) groups excluding carboxylic acids is 2. The zero-order chi connectivity index (χ0) is 17.1. The van der Waals surface area contributed by atoms with Gasteiger partial charge in [0.05, 0.1) is 11.2 Å². The summed E-state index contributed by atoms with van der Waals surface area (Å²) in [6.45, 7) is 0. The highest BCUT2D eigenvalue weighted by Crippen LogP contribution is 2.31. The molecule has 24 heavy (non-hydrogen) atoms. The van der Waals surface area contributed by atoms with Crippen LogP contribution in [0.1, 0.15) is 18.6 Å². The molecule has 1 aromatic heterocycles. The number of hydrazone groups is 1. The van der Waals surface area contributed by atoms with E-state index in [9.17, 15) is 9.59 Å². The molecule has 3 rings (SSSR count). The Kier molecular flexibility index (Phi) is 4.87. The van der Waals surface area contributed by atoms with Gasteiger partial charge in [0, 0.05) is 16.6 Å². The van der Waals surface area contributed by atoms with E-state index in [1.54, 1.807) is 30.3 Å². The number of hydrogen-bond acceptors (Lipinski definition) is 4. The second kappa shape index (κ2) is 7.07. The van der Waals surface area contributed by atoms with Gasteiger partial charge in [0.25, 0.3) is 0 Å². The van der Waals surface area contributed by atoms with Crippen LogP contribution in [0.4, 0.5) is 0 Å². The van der Waals surface area contributed by atoms with Gasteiger partial charge in [-0.3, -0.25) is 9.59 Å². The van der Waals surface area contributed by atoms with Gasteiger partial charge in [-0.05, 0) is 43.2 Å². The largest absolute Gasteiger partial charge is 0.455 e. The van der Waals surface area contributed by atoms with Crippen LogP contribution in [0.2, 0.25) is 10.0 Å². The molecule has 124 valence electrons. The first-order chi connectivity index (χ1) is 11.5. The topological polar surface area (TPSA) is 83.7 Å². The summed E-state index contributed by atoms with van der Waals surface area (Å²) in [6.07, 6.45) is 3.11. The predicted molar refractivity (Wildman–Crippen MR) is 91.1 cm³/mol. The molecule has 1 fully saturated rings. The maximum atomic E-state index is 11.5. The van der Waals surface area contributed by atoms with Gasteiger partial charge in [-0.25, -0.2) is 5.43 Å². The molecule has 1 saturated carbocycles. The van der Waals surface area contributed by atoms with Crippen LogP contribution in [0.25, 0.3) is 11.3 Å². The lowest BCUT2D eigenvalue weighted by molar-refractivity contribution is -0.139. The number of benzene rings is 1. The highest BCUT2D eigenvalue weighted by molar-refractivity contribution is 6.35. The van der Waals surface area contributed by atoms with Crippen molar-refractivity contribution in [2.75, 3.05) is 0 Å². The minimum absolute atomic E-state index is 0.113. The summed E-state index contributed by atoms with van der Waals surface area (Å²) in [5.74, 6) is -0.603. The Balaban J connectivity index is 1.62. The van der Waals surface area contributed by atoms with Crippen molar-refractivity contribution in [1.82, 2.24) is 10.7 Å². The van der Waals surface area contributed by atoms with Crippen molar-refractivity contribution in [1.29, 1.82) is 0 Å². The first-order valence-electron chi connectivity index (χ1n) is 7.22. The first kappa shape index (κ1) is 16.5. The molecule has 0 radical (unpaired) electrons. The van der Waals surface area contributed by atoms with Crippen molar-refractivity contribution in [3.8, 4) is 11.3 Å². The number of amides is 2. The lowest BCUT2D eigenvalue weighted by atomic mass is 10.2. The van der Waals surface area contributed by atoms with Crippen LogP contribution in [0.15, 0.2) is 39.9 Å². The van der Waals surface area contributed by atoms with Crippen LogP contribution in [0.5, 0.6) is 0 Å². The van der Waals surface area contributed by atoms with Gasteiger partial charge in [0.15, 0.2) is 0 Å². The average Bonchev–Trinajstić information content (AvgIpc) is 3.24. The fraction of sp³-hybridized carbons (Fsp3) is 0.188. The number of nitrogens with one attached hydrogen (secondary N) is 2. The molecule has 6 nitrogen and oxygen atoms in total. The molecular weight excluding hydrogens is 353 g/mol. The van der Waals surface area contributed by atoms with Crippen LogP contribution in [0, 0.1) is 0 Å². The predicted octanol–water partition coefficient (Wildman–Crippen LogP) is 2.98. The zero-order valence-electron chi connectivity index (χ0n) is 12.4. The number of rotatable bonds is 4. The second-order valence-corrected chi connectivity index (χ2v) is 6.12. The van der Waals surface area contributed by atoms with Crippen molar-refractivity contribution in [3.63, 3.8) is 0 Å². The van der Waals surface area contributed by atoms with E-state index in [4.69, 9.17) is 27.6 Å². The number of halogens is 2. The molecule has 1 heterocycles. The molecule has 0 spiro atoms. The monoisotopic (exact) mass is 365 g/mol. The zero-order valence-corrected chi connectivity index (χ0v) is 13.9. The third-order valence-electron chi connectivity index (χ3n) is 3.30. The van der Waals surface area contributed by atoms with E-state index in [-0.39, 0.29) is 6.04 Å². The van der Waals surface area contributed by atoms with Gasteiger partial charge in [-0.2, -0.15) is 5.10 Å². The third kappa shape index (κ3) is 4.15. The van der Waals surface area contributed by atoms with E-state index in [1.165, 1.54) is 6.21 Å².